The molecule has 3 aromatic rings. The molecule has 0 radical (unpaired) electrons. The Morgan fingerprint density at radius 2 is 1.88 bits per heavy atom. The maximum atomic E-state index is 13.8. The fraction of sp³-hybridized carbons (Fsp3) is 0.286. The molecule has 0 spiro atoms. The molecule has 1 atom stereocenters. The van der Waals surface area contributed by atoms with Crippen LogP contribution in [0.3, 0.4) is 0 Å². The van der Waals surface area contributed by atoms with Crippen LogP contribution in [0.1, 0.15) is 41.3 Å². The zero-order valence-corrected chi connectivity index (χ0v) is 14.2. The first-order valence-corrected chi connectivity index (χ1v) is 8.86. The lowest BCUT2D eigenvalue weighted by molar-refractivity contribution is 0.444. The van der Waals surface area contributed by atoms with Crippen LogP contribution in [-0.2, 0) is 19.5 Å². The van der Waals surface area contributed by atoms with E-state index >= 15 is 0 Å². The third kappa shape index (κ3) is 3.49. The summed E-state index contributed by atoms with van der Waals surface area (Å²) in [5.41, 5.74) is 4.54. The minimum Gasteiger partial charge on any atom is -0.306 e. The molecule has 1 aromatic heterocycles. The summed E-state index contributed by atoms with van der Waals surface area (Å²) < 4.78 is 15.9. The first kappa shape index (κ1) is 16.0. The Balaban J connectivity index is 1.50. The second kappa shape index (κ2) is 7.19. The van der Waals surface area contributed by atoms with Gasteiger partial charge < -0.3 is 5.32 Å². The molecule has 0 aliphatic heterocycles. The van der Waals surface area contributed by atoms with Gasteiger partial charge in [0.05, 0.1) is 12.7 Å². The molecule has 128 valence electrons. The van der Waals surface area contributed by atoms with Crippen LogP contribution in [0, 0.1) is 5.82 Å². The van der Waals surface area contributed by atoms with Gasteiger partial charge in [0, 0.05) is 29.4 Å². The van der Waals surface area contributed by atoms with Crippen molar-refractivity contribution in [2.45, 2.75) is 38.4 Å². The first-order valence-electron chi connectivity index (χ1n) is 8.86. The van der Waals surface area contributed by atoms with E-state index in [2.05, 4.69) is 39.4 Å². The van der Waals surface area contributed by atoms with Crippen molar-refractivity contribution in [2.75, 3.05) is 0 Å². The van der Waals surface area contributed by atoms with Crippen LogP contribution in [-0.4, -0.2) is 9.78 Å². The van der Waals surface area contributed by atoms with Crippen molar-refractivity contribution in [3.8, 4) is 0 Å². The number of hydrogen-bond acceptors (Lipinski definition) is 2. The summed E-state index contributed by atoms with van der Waals surface area (Å²) in [6, 6.07) is 17.6. The van der Waals surface area contributed by atoms with Crippen LogP contribution < -0.4 is 5.32 Å². The highest BCUT2D eigenvalue weighted by Gasteiger charge is 2.24. The molecular weight excluding hydrogens is 313 g/mol. The van der Waals surface area contributed by atoms with Gasteiger partial charge in [-0.3, -0.25) is 4.68 Å². The van der Waals surface area contributed by atoms with Crippen LogP contribution in [0.5, 0.6) is 0 Å². The van der Waals surface area contributed by atoms with Crippen LogP contribution in [0.25, 0.3) is 0 Å². The largest absolute Gasteiger partial charge is 0.306 e. The molecule has 0 saturated carbocycles. The van der Waals surface area contributed by atoms with Crippen molar-refractivity contribution in [3.63, 3.8) is 0 Å². The first-order chi connectivity index (χ1) is 12.3. The van der Waals surface area contributed by atoms with E-state index < -0.39 is 0 Å². The molecular formula is C21H22FN3. The molecule has 1 N–H and O–H groups in total. The lowest BCUT2D eigenvalue weighted by Crippen LogP contribution is -2.25. The third-order valence-corrected chi connectivity index (χ3v) is 4.93. The van der Waals surface area contributed by atoms with E-state index in [1.807, 2.05) is 24.4 Å². The van der Waals surface area contributed by atoms with E-state index in [0.29, 0.717) is 12.1 Å². The molecule has 0 fully saturated rings. The van der Waals surface area contributed by atoms with E-state index in [-0.39, 0.29) is 11.9 Å². The maximum Gasteiger partial charge on any atom is 0.127 e. The highest BCUT2D eigenvalue weighted by atomic mass is 19.1. The standard InChI is InChI=1S/C21H22FN3/c22-19-10-5-4-9-17(19)13-23-20-11-6-12-21-18(20)14-24-25(21)15-16-7-2-1-3-8-16/h1-5,7-10,14,20,23H,6,11-13,15H2. The fourth-order valence-electron chi connectivity index (χ4n) is 3.60. The number of benzene rings is 2. The van der Waals surface area contributed by atoms with Gasteiger partial charge in [-0.25, -0.2) is 4.39 Å². The minimum absolute atomic E-state index is 0.147. The SMILES string of the molecule is Fc1ccccc1CNC1CCCc2c1cnn2Cc1ccccc1. The van der Waals surface area contributed by atoms with Gasteiger partial charge in [0.25, 0.3) is 0 Å². The predicted octanol–water partition coefficient (Wildman–Crippen LogP) is 4.24. The number of rotatable bonds is 5. The van der Waals surface area contributed by atoms with Gasteiger partial charge in [0.2, 0.25) is 0 Å². The zero-order valence-electron chi connectivity index (χ0n) is 14.2. The van der Waals surface area contributed by atoms with Crippen LogP contribution in [0.2, 0.25) is 0 Å². The molecule has 2 aromatic carbocycles. The Labute approximate surface area is 147 Å². The third-order valence-electron chi connectivity index (χ3n) is 4.93. The molecule has 1 unspecified atom stereocenters. The quantitative estimate of drug-likeness (QED) is 0.756. The zero-order chi connectivity index (χ0) is 17.1. The van der Waals surface area contributed by atoms with Gasteiger partial charge in [0.15, 0.2) is 0 Å². The topological polar surface area (TPSA) is 29.9 Å². The van der Waals surface area contributed by atoms with E-state index in [0.717, 1.165) is 25.8 Å². The molecule has 1 heterocycles. The van der Waals surface area contributed by atoms with Gasteiger partial charge >= 0.3 is 0 Å². The Hall–Kier alpha value is -2.46. The number of aromatic nitrogens is 2. The van der Waals surface area contributed by atoms with Crippen LogP contribution >= 0.6 is 0 Å². The van der Waals surface area contributed by atoms with Crippen molar-refractivity contribution in [1.82, 2.24) is 15.1 Å². The number of nitrogens with one attached hydrogen (secondary N) is 1. The summed E-state index contributed by atoms with van der Waals surface area (Å²) in [5.74, 6) is -0.147. The second-order valence-electron chi connectivity index (χ2n) is 6.61. The van der Waals surface area contributed by atoms with Gasteiger partial charge in [-0.05, 0) is 30.9 Å². The minimum atomic E-state index is -0.147. The summed E-state index contributed by atoms with van der Waals surface area (Å²) in [7, 11) is 0. The van der Waals surface area contributed by atoms with E-state index in [9.17, 15) is 4.39 Å². The molecule has 0 saturated heterocycles. The summed E-state index contributed by atoms with van der Waals surface area (Å²) in [5, 5.41) is 8.14. The normalized spacial score (nSPS) is 16.6. The van der Waals surface area contributed by atoms with E-state index in [1.165, 1.54) is 22.9 Å². The Morgan fingerprint density at radius 3 is 2.72 bits per heavy atom. The lowest BCUT2D eigenvalue weighted by atomic mass is 9.92. The van der Waals surface area contributed by atoms with Gasteiger partial charge in [-0.2, -0.15) is 5.10 Å². The molecule has 0 amide bonds. The summed E-state index contributed by atoms with van der Waals surface area (Å²) in [6.07, 6.45) is 5.23. The van der Waals surface area contributed by atoms with E-state index in [4.69, 9.17) is 0 Å². The van der Waals surface area contributed by atoms with Crippen LogP contribution in [0.4, 0.5) is 4.39 Å². The molecule has 1 aliphatic carbocycles. The maximum absolute atomic E-state index is 13.8. The molecule has 25 heavy (non-hydrogen) atoms. The Bertz CT molecular complexity index is 841. The molecule has 0 bridgehead atoms. The average Bonchev–Trinajstić information content (AvgIpc) is 3.05. The van der Waals surface area contributed by atoms with Gasteiger partial charge in [-0.15, -0.1) is 0 Å². The van der Waals surface area contributed by atoms with E-state index in [1.54, 1.807) is 6.07 Å². The number of halogens is 1. The van der Waals surface area contributed by atoms with Crippen LogP contribution in [0.15, 0.2) is 60.8 Å². The molecule has 4 rings (SSSR count). The fourth-order valence-corrected chi connectivity index (χ4v) is 3.60. The number of nitrogens with zero attached hydrogens (tertiary/aromatic N) is 2. The highest BCUT2D eigenvalue weighted by molar-refractivity contribution is 5.27. The molecule has 3 nitrogen and oxygen atoms in total. The van der Waals surface area contributed by atoms with Crippen molar-refractivity contribution < 1.29 is 4.39 Å². The van der Waals surface area contributed by atoms with Gasteiger partial charge in [0.1, 0.15) is 5.82 Å². The van der Waals surface area contributed by atoms with Crippen molar-refractivity contribution >= 4 is 0 Å². The number of hydrogen-bond donors (Lipinski definition) is 1. The summed E-state index contributed by atoms with van der Waals surface area (Å²) >= 11 is 0. The monoisotopic (exact) mass is 335 g/mol. The Morgan fingerprint density at radius 1 is 1.08 bits per heavy atom. The molecule has 1 aliphatic rings. The molecule has 4 heteroatoms. The number of fused-ring (bicyclic) bond motifs is 1. The Kier molecular flexibility index (Phi) is 4.61. The van der Waals surface area contributed by atoms with Gasteiger partial charge in [-0.1, -0.05) is 48.5 Å². The highest BCUT2D eigenvalue weighted by Crippen LogP contribution is 2.30. The summed E-state index contributed by atoms with van der Waals surface area (Å²) in [4.78, 5) is 0. The second-order valence-corrected chi connectivity index (χ2v) is 6.61. The predicted molar refractivity (Wildman–Crippen MR) is 96.7 cm³/mol. The van der Waals surface area contributed by atoms with Crippen molar-refractivity contribution in [3.05, 3.63) is 89.0 Å². The smallest absolute Gasteiger partial charge is 0.127 e. The summed E-state index contributed by atoms with van der Waals surface area (Å²) in [6.45, 7) is 1.34. The lowest BCUT2D eigenvalue weighted by Gasteiger charge is -2.24. The average molecular weight is 335 g/mol. The van der Waals surface area contributed by atoms with Crippen molar-refractivity contribution in [2.24, 2.45) is 0 Å². The van der Waals surface area contributed by atoms with Crippen molar-refractivity contribution in [1.29, 1.82) is 0 Å².